The molecule has 0 amide bonds. The van der Waals surface area contributed by atoms with Gasteiger partial charge in [-0.3, -0.25) is 0 Å². The molecule has 0 radical (unpaired) electrons. The number of rotatable bonds is 4. The zero-order valence-corrected chi connectivity index (χ0v) is 29.0. The molecule has 1 fully saturated rings. The minimum absolute atomic E-state index is 0.0889. The third-order valence-electron chi connectivity index (χ3n) is 8.72. The van der Waals surface area contributed by atoms with Crippen LogP contribution in [-0.2, 0) is 37.0 Å². The predicted octanol–water partition coefficient (Wildman–Crippen LogP) is 6.81. The van der Waals surface area contributed by atoms with E-state index in [0.29, 0.717) is 36.7 Å². The van der Waals surface area contributed by atoms with E-state index in [2.05, 4.69) is 43.9 Å². The maximum atomic E-state index is 13.5. The van der Waals surface area contributed by atoms with Crippen molar-refractivity contribution < 1.29 is 28.5 Å². The second-order valence-corrected chi connectivity index (χ2v) is 14.0. The summed E-state index contributed by atoms with van der Waals surface area (Å²) in [6.07, 6.45) is 3.77. The number of piperidine rings is 1. The highest BCUT2D eigenvalue weighted by Gasteiger charge is 2.38. The fourth-order valence-electron chi connectivity index (χ4n) is 6.26. The Bertz CT molecular complexity index is 1500. The molecule has 3 aliphatic rings. The summed E-state index contributed by atoms with van der Waals surface area (Å²) in [5.41, 5.74) is 4.14. The largest absolute Gasteiger partial charge is 0.490 e. The Morgan fingerprint density at radius 2 is 1.89 bits per heavy atom. The third-order valence-corrected chi connectivity index (χ3v) is 8.72. The summed E-state index contributed by atoms with van der Waals surface area (Å²) in [6, 6.07) is 8.20. The average Bonchev–Trinajstić information content (AvgIpc) is 3.38. The van der Waals surface area contributed by atoms with Gasteiger partial charge in [0.2, 0.25) is 0 Å². The molecule has 46 heavy (non-hydrogen) atoms. The normalized spacial score (nSPS) is 22.3. The van der Waals surface area contributed by atoms with E-state index in [-0.39, 0.29) is 18.3 Å². The number of esters is 1. The van der Waals surface area contributed by atoms with Gasteiger partial charge in [-0.2, -0.15) is 9.61 Å². The first-order valence-electron chi connectivity index (χ1n) is 16.8. The van der Waals surface area contributed by atoms with Gasteiger partial charge in [0.1, 0.15) is 11.6 Å². The molecular formula is C36H52N4O6. The molecule has 252 valence electrons. The van der Waals surface area contributed by atoms with Crippen LogP contribution in [0.15, 0.2) is 24.3 Å². The number of nitrogens with zero attached hydrogens (tertiary/aromatic N) is 4. The van der Waals surface area contributed by atoms with Crippen molar-refractivity contribution in [3.8, 4) is 5.75 Å². The quantitative estimate of drug-likeness (QED) is 0.286. The Kier molecular flexibility index (Phi) is 10.6. The maximum Gasteiger partial charge on any atom is 0.340 e. The van der Waals surface area contributed by atoms with Gasteiger partial charge in [0, 0.05) is 37.0 Å². The molecule has 3 aromatic rings. The molecule has 10 heteroatoms. The lowest BCUT2D eigenvalue weighted by molar-refractivity contribution is -0.166. The molecule has 0 unspecified atom stereocenters. The SMILES string of the molecule is CCOC(=O)[C@@H](OC(C)(C)C)c1c(C)nc2cc3nn2c1N1CCC(C)(CC1)OCCCC[C@H](C)Oc1cc(C)ccc1COC3. The van der Waals surface area contributed by atoms with Crippen LogP contribution in [0.2, 0.25) is 0 Å². The summed E-state index contributed by atoms with van der Waals surface area (Å²) in [7, 11) is 0. The zero-order valence-electron chi connectivity index (χ0n) is 29.0. The van der Waals surface area contributed by atoms with Crippen LogP contribution in [-0.4, -0.2) is 64.2 Å². The molecule has 2 atom stereocenters. The molecule has 2 aromatic heterocycles. The number of fused-ring (bicyclic) bond motifs is 10. The minimum atomic E-state index is -0.965. The zero-order chi connectivity index (χ0) is 33.1. The topological polar surface area (TPSA) is 96.7 Å². The van der Waals surface area contributed by atoms with Crippen LogP contribution < -0.4 is 9.64 Å². The van der Waals surface area contributed by atoms with Gasteiger partial charge in [-0.05, 0) is 99.1 Å². The molecule has 0 N–H and O–H groups in total. The molecule has 0 spiro atoms. The van der Waals surface area contributed by atoms with Crippen LogP contribution in [0.1, 0.15) is 108 Å². The standard InChI is InChI=1S/C36H52N4O6/c1-9-43-34(41)32(46-35(5,6)7)31-26(4)37-30-21-28-23-42-22-27-14-13-24(2)20-29(27)45-25(3)12-10-11-19-44-36(8)15-17-39(18-16-36)33(31)40(30)38-28/h13-14,20-21,25,32H,9-12,15-19,22-23H2,1-8H3/t25-,32-/m0/s1. The molecule has 0 aliphatic carbocycles. The van der Waals surface area contributed by atoms with Crippen molar-refractivity contribution in [1.29, 1.82) is 0 Å². The van der Waals surface area contributed by atoms with Crippen LogP contribution >= 0.6 is 0 Å². The van der Waals surface area contributed by atoms with Crippen molar-refractivity contribution >= 4 is 17.4 Å². The van der Waals surface area contributed by atoms with Crippen LogP contribution in [0.3, 0.4) is 0 Å². The van der Waals surface area contributed by atoms with Crippen LogP contribution in [0.25, 0.3) is 5.65 Å². The first-order chi connectivity index (χ1) is 21.9. The molecule has 3 aliphatic heterocycles. The molecule has 1 saturated heterocycles. The highest BCUT2D eigenvalue weighted by molar-refractivity contribution is 5.80. The van der Waals surface area contributed by atoms with Crippen molar-refractivity contribution in [2.24, 2.45) is 0 Å². The third kappa shape index (κ3) is 8.19. The highest BCUT2D eigenvalue weighted by atomic mass is 16.6. The lowest BCUT2D eigenvalue weighted by Crippen LogP contribution is -2.46. The van der Waals surface area contributed by atoms with Gasteiger partial charge in [0.15, 0.2) is 11.8 Å². The van der Waals surface area contributed by atoms with Crippen molar-refractivity contribution in [3.63, 3.8) is 0 Å². The van der Waals surface area contributed by atoms with E-state index in [4.69, 9.17) is 33.8 Å². The predicted molar refractivity (Wildman–Crippen MR) is 177 cm³/mol. The van der Waals surface area contributed by atoms with E-state index in [1.165, 1.54) is 0 Å². The fraction of sp³-hybridized carbons (Fsp3) is 0.639. The first kappa shape index (κ1) is 34.1. The van der Waals surface area contributed by atoms with Gasteiger partial charge in [0.25, 0.3) is 0 Å². The van der Waals surface area contributed by atoms with Crippen molar-refractivity contribution in [2.75, 3.05) is 31.2 Å². The highest BCUT2D eigenvalue weighted by Crippen LogP contribution is 2.38. The van der Waals surface area contributed by atoms with Gasteiger partial charge in [-0.25, -0.2) is 9.78 Å². The smallest absolute Gasteiger partial charge is 0.340 e. The van der Waals surface area contributed by atoms with Gasteiger partial charge in [-0.1, -0.05) is 12.1 Å². The van der Waals surface area contributed by atoms with E-state index in [9.17, 15) is 4.79 Å². The summed E-state index contributed by atoms with van der Waals surface area (Å²) >= 11 is 0. The molecule has 1 aromatic carbocycles. The van der Waals surface area contributed by atoms with E-state index < -0.39 is 17.7 Å². The molecule has 6 rings (SSSR count). The van der Waals surface area contributed by atoms with Crippen molar-refractivity contribution in [3.05, 3.63) is 52.3 Å². The van der Waals surface area contributed by atoms with E-state index in [1.807, 2.05) is 45.2 Å². The van der Waals surface area contributed by atoms with E-state index in [0.717, 1.165) is 73.6 Å². The number of aryl methyl sites for hydroxylation is 2. The molecule has 5 heterocycles. The summed E-state index contributed by atoms with van der Waals surface area (Å²) in [5, 5.41) is 5.00. The summed E-state index contributed by atoms with van der Waals surface area (Å²) in [6.45, 7) is 19.1. The number of hydrogen-bond donors (Lipinski definition) is 0. The number of carbonyl (C=O) groups is 1. The number of benzene rings is 1. The van der Waals surface area contributed by atoms with Gasteiger partial charge in [-0.15, -0.1) is 0 Å². The van der Waals surface area contributed by atoms with Crippen molar-refractivity contribution in [2.45, 2.75) is 124 Å². The summed E-state index contributed by atoms with van der Waals surface area (Å²) in [5.74, 6) is 1.23. The molecule has 4 bridgehead atoms. The van der Waals surface area contributed by atoms with E-state index >= 15 is 0 Å². The number of hydrogen-bond acceptors (Lipinski definition) is 9. The monoisotopic (exact) mass is 636 g/mol. The Labute approximate surface area is 273 Å². The second-order valence-electron chi connectivity index (χ2n) is 14.0. The van der Waals surface area contributed by atoms with Crippen LogP contribution in [0.5, 0.6) is 5.75 Å². The van der Waals surface area contributed by atoms with E-state index in [1.54, 1.807) is 0 Å². The van der Waals surface area contributed by atoms with Crippen molar-refractivity contribution in [1.82, 2.24) is 14.6 Å². The number of aromatic nitrogens is 3. The number of carbonyl (C=O) groups excluding carboxylic acids is 1. The first-order valence-corrected chi connectivity index (χ1v) is 16.8. The number of anilines is 1. The Morgan fingerprint density at radius 3 is 2.61 bits per heavy atom. The summed E-state index contributed by atoms with van der Waals surface area (Å²) in [4.78, 5) is 20.7. The van der Waals surface area contributed by atoms with Crippen LogP contribution in [0.4, 0.5) is 5.82 Å². The summed E-state index contributed by atoms with van der Waals surface area (Å²) < 4.78 is 33.0. The van der Waals surface area contributed by atoms with Gasteiger partial charge < -0.3 is 28.6 Å². The minimum Gasteiger partial charge on any atom is -0.490 e. The van der Waals surface area contributed by atoms with Gasteiger partial charge in [0.05, 0.1) is 48.4 Å². The average molecular weight is 637 g/mol. The Balaban J connectivity index is 1.57. The lowest BCUT2D eigenvalue weighted by Gasteiger charge is -2.41. The fourth-order valence-corrected chi connectivity index (χ4v) is 6.26. The maximum absolute atomic E-state index is 13.5. The number of ether oxygens (including phenoxy) is 5. The van der Waals surface area contributed by atoms with Gasteiger partial charge >= 0.3 is 5.97 Å². The Morgan fingerprint density at radius 1 is 1.13 bits per heavy atom. The molecule has 0 saturated carbocycles. The second kappa shape index (κ2) is 14.3. The molecule has 10 nitrogen and oxygen atoms in total. The van der Waals surface area contributed by atoms with Crippen LogP contribution in [0, 0.1) is 13.8 Å². The Hall–Kier alpha value is -3.21. The lowest BCUT2D eigenvalue weighted by atomic mass is 9.92. The molecular weight excluding hydrogens is 584 g/mol.